The molecule has 0 radical (unpaired) electrons. The topological polar surface area (TPSA) is 50.7 Å². The van der Waals surface area contributed by atoms with Crippen LogP contribution in [0.2, 0.25) is 0 Å². The van der Waals surface area contributed by atoms with E-state index in [2.05, 4.69) is 5.32 Å². The molecule has 0 aromatic heterocycles. The van der Waals surface area contributed by atoms with E-state index in [4.69, 9.17) is 9.47 Å². The highest BCUT2D eigenvalue weighted by atomic mass is 16.5. The Morgan fingerprint density at radius 1 is 1.10 bits per heavy atom. The monoisotopic (exact) mass is 287 g/mol. The number of aryl methyl sites for hydroxylation is 1. The molecule has 0 spiro atoms. The van der Waals surface area contributed by atoms with Gasteiger partial charge in [-0.2, -0.15) is 0 Å². The molecule has 0 saturated carbocycles. The normalized spacial score (nSPS) is 10.2. The number of rotatable bonds is 6. The number of methoxy groups -OCH3 is 1. The van der Waals surface area contributed by atoms with Crippen molar-refractivity contribution in [3.63, 3.8) is 0 Å². The van der Waals surface area contributed by atoms with Crippen molar-refractivity contribution in [2.24, 2.45) is 0 Å². The van der Waals surface area contributed by atoms with Crippen LogP contribution in [0.4, 0.5) is 5.69 Å². The maximum Gasteiger partial charge on any atom is 0.120 e. The van der Waals surface area contributed by atoms with Crippen molar-refractivity contribution in [3.8, 4) is 17.2 Å². The molecular formula is C17H21NO3. The molecule has 2 rings (SSSR count). The quantitative estimate of drug-likeness (QED) is 0.850. The highest BCUT2D eigenvalue weighted by Crippen LogP contribution is 2.26. The summed E-state index contributed by atoms with van der Waals surface area (Å²) in [6.07, 6.45) is 0. The van der Waals surface area contributed by atoms with Gasteiger partial charge in [-0.1, -0.05) is 0 Å². The second-order valence-electron chi connectivity index (χ2n) is 4.76. The molecule has 0 saturated heterocycles. The highest BCUT2D eigenvalue weighted by molar-refractivity contribution is 5.54. The van der Waals surface area contributed by atoms with Gasteiger partial charge in [0.2, 0.25) is 0 Å². The van der Waals surface area contributed by atoms with Gasteiger partial charge in [0, 0.05) is 17.8 Å². The Hall–Kier alpha value is -2.36. The molecule has 4 nitrogen and oxygen atoms in total. The maximum absolute atomic E-state index is 9.88. The lowest BCUT2D eigenvalue weighted by Gasteiger charge is -2.13. The molecule has 0 unspecified atom stereocenters. The lowest BCUT2D eigenvalue weighted by Crippen LogP contribution is -2.02. The zero-order valence-corrected chi connectivity index (χ0v) is 12.6. The van der Waals surface area contributed by atoms with Crippen molar-refractivity contribution in [2.45, 2.75) is 20.4 Å². The number of phenolic OH excluding ortho intramolecular Hbond substituents is 1. The van der Waals surface area contributed by atoms with Crippen LogP contribution in [0.15, 0.2) is 36.4 Å². The first-order valence-electron chi connectivity index (χ1n) is 6.97. The van der Waals surface area contributed by atoms with Gasteiger partial charge in [-0.15, -0.1) is 0 Å². The first-order chi connectivity index (χ1) is 10.1. The SMILES string of the molecule is CCOc1ccc(NCc2cc(OC)ccc2O)c(C)c1. The largest absolute Gasteiger partial charge is 0.508 e. The lowest BCUT2D eigenvalue weighted by molar-refractivity contribution is 0.340. The minimum Gasteiger partial charge on any atom is -0.508 e. The Morgan fingerprint density at radius 2 is 1.86 bits per heavy atom. The summed E-state index contributed by atoms with van der Waals surface area (Å²) >= 11 is 0. The fourth-order valence-electron chi connectivity index (χ4n) is 2.11. The average Bonchev–Trinajstić information content (AvgIpc) is 2.48. The van der Waals surface area contributed by atoms with E-state index in [1.54, 1.807) is 19.2 Å². The maximum atomic E-state index is 9.88. The van der Waals surface area contributed by atoms with E-state index in [1.807, 2.05) is 38.1 Å². The molecule has 0 aliphatic rings. The van der Waals surface area contributed by atoms with Gasteiger partial charge < -0.3 is 19.9 Å². The van der Waals surface area contributed by atoms with Gasteiger partial charge >= 0.3 is 0 Å². The van der Waals surface area contributed by atoms with Gasteiger partial charge in [0.05, 0.1) is 13.7 Å². The fraction of sp³-hybridized carbons (Fsp3) is 0.294. The second-order valence-corrected chi connectivity index (χ2v) is 4.76. The van der Waals surface area contributed by atoms with Crippen LogP contribution in [0.1, 0.15) is 18.1 Å². The summed E-state index contributed by atoms with van der Waals surface area (Å²) in [6.45, 7) is 5.17. The van der Waals surface area contributed by atoms with E-state index in [0.29, 0.717) is 13.2 Å². The predicted octanol–water partition coefficient (Wildman–Crippen LogP) is 3.72. The number of hydrogen-bond donors (Lipinski definition) is 2. The van der Waals surface area contributed by atoms with Crippen LogP contribution < -0.4 is 14.8 Å². The molecule has 21 heavy (non-hydrogen) atoms. The zero-order chi connectivity index (χ0) is 15.2. The van der Waals surface area contributed by atoms with Crippen LogP contribution in [0.3, 0.4) is 0 Å². The number of anilines is 1. The van der Waals surface area contributed by atoms with E-state index >= 15 is 0 Å². The van der Waals surface area contributed by atoms with Crippen molar-refractivity contribution in [1.82, 2.24) is 0 Å². The summed E-state index contributed by atoms with van der Waals surface area (Å²) in [4.78, 5) is 0. The molecular weight excluding hydrogens is 266 g/mol. The van der Waals surface area contributed by atoms with E-state index in [0.717, 1.165) is 28.3 Å². The number of hydrogen-bond acceptors (Lipinski definition) is 4. The summed E-state index contributed by atoms with van der Waals surface area (Å²) in [5.74, 6) is 1.85. The summed E-state index contributed by atoms with van der Waals surface area (Å²) in [6, 6.07) is 11.1. The van der Waals surface area contributed by atoms with Crippen molar-refractivity contribution in [3.05, 3.63) is 47.5 Å². The standard InChI is InChI=1S/C17H21NO3/c1-4-21-15-5-7-16(12(2)9-15)18-11-13-10-14(20-3)6-8-17(13)19/h5-10,18-19H,4,11H2,1-3H3. The van der Waals surface area contributed by atoms with Gasteiger partial charge in [0.25, 0.3) is 0 Å². The molecule has 0 aliphatic carbocycles. The van der Waals surface area contributed by atoms with E-state index in [9.17, 15) is 5.11 Å². The number of nitrogens with one attached hydrogen (secondary N) is 1. The molecule has 112 valence electrons. The molecule has 0 fully saturated rings. The predicted molar refractivity (Wildman–Crippen MR) is 84.3 cm³/mol. The van der Waals surface area contributed by atoms with Crippen LogP contribution >= 0.6 is 0 Å². The fourth-order valence-corrected chi connectivity index (χ4v) is 2.11. The molecule has 4 heteroatoms. The summed E-state index contributed by atoms with van der Waals surface area (Å²) < 4.78 is 10.6. The molecule has 2 N–H and O–H groups in total. The van der Waals surface area contributed by atoms with E-state index in [1.165, 1.54) is 0 Å². The van der Waals surface area contributed by atoms with Gasteiger partial charge in [-0.3, -0.25) is 0 Å². The van der Waals surface area contributed by atoms with Gasteiger partial charge in [0.15, 0.2) is 0 Å². The Bertz CT molecular complexity index is 611. The van der Waals surface area contributed by atoms with Crippen LogP contribution in [0, 0.1) is 6.92 Å². The number of benzene rings is 2. The third-order valence-electron chi connectivity index (χ3n) is 3.26. The number of ether oxygens (including phenoxy) is 2. The third kappa shape index (κ3) is 3.81. The first-order valence-corrected chi connectivity index (χ1v) is 6.97. The molecule has 0 atom stereocenters. The smallest absolute Gasteiger partial charge is 0.120 e. The minimum atomic E-state index is 0.256. The van der Waals surface area contributed by atoms with Crippen LogP contribution in [-0.4, -0.2) is 18.8 Å². The Kier molecular flexibility index (Phi) is 4.93. The van der Waals surface area contributed by atoms with Crippen molar-refractivity contribution in [2.75, 3.05) is 19.0 Å². The number of aromatic hydroxyl groups is 1. The molecule has 2 aromatic rings. The van der Waals surface area contributed by atoms with E-state index in [-0.39, 0.29) is 5.75 Å². The zero-order valence-electron chi connectivity index (χ0n) is 12.6. The average molecular weight is 287 g/mol. The Balaban J connectivity index is 2.09. The molecule has 2 aromatic carbocycles. The lowest BCUT2D eigenvalue weighted by atomic mass is 10.1. The van der Waals surface area contributed by atoms with Gasteiger partial charge in [-0.25, -0.2) is 0 Å². The van der Waals surface area contributed by atoms with Crippen LogP contribution in [-0.2, 0) is 6.54 Å². The summed E-state index contributed by atoms with van der Waals surface area (Å²) in [5, 5.41) is 13.2. The van der Waals surface area contributed by atoms with Crippen LogP contribution in [0.25, 0.3) is 0 Å². The molecule has 0 aliphatic heterocycles. The summed E-state index contributed by atoms with van der Waals surface area (Å²) in [5.41, 5.74) is 2.91. The van der Waals surface area contributed by atoms with Crippen molar-refractivity contribution < 1.29 is 14.6 Å². The highest BCUT2D eigenvalue weighted by Gasteiger charge is 2.05. The van der Waals surface area contributed by atoms with Crippen LogP contribution in [0.5, 0.6) is 17.2 Å². The molecule has 0 bridgehead atoms. The third-order valence-corrected chi connectivity index (χ3v) is 3.26. The molecule has 0 amide bonds. The molecule has 0 heterocycles. The Morgan fingerprint density at radius 3 is 2.52 bits per heavy atom. The van der Waals surface area contributed by atoms with Crippen molar-refractivity contribution >= 4 is 5.69 Å². The first kappa shape index (κ1) is 15.0. The minimum absolute atomic E-state index is 0.256. The summed E-state index contributed by atoms with van der Waals surface area (Å²) in [7, 11) is 1.61. The van der Waals surface area contributed by atoms with E-state index < -0.39 is 0 Å². The van der Waals surface area contributed by atoms with Gasteiger partial charge in [-0.05, 0) is 55.8 Å². The second kappa shape index (κ2) is 6.88. The number of phenols is 1. The van der Waals surface area contributed by atoms with Crippen molar-refractivity contribution in [1.29, 1.82) is 0 Å². The van der Waals surface area contributed by atoms with Gasteiger partial charge in [0.1, 0.15) is 17.2 Å². The Labute approximate surface area is 125 Å².